The van der Waals surface area contributed by atoms with Crippen LogP contribution >= 0.6 is 22.6 Å². The van der Waals surface area contributed by atoms with Crippen molar-refractivity contribution in [3.05, 3.63) is 33.4 Å². The van der Waals surface area contributed by atoms with Crippen LogP contribution in [0.4, 0.5) is 0 Å². The summed E-state index contributed by atoms with van der Waals surface area (Å²) in [5.41, 5.74) is 0.497. The predicted octanol–water partition coefficient (Wildman–Crippen LogP) is 2.45. The molecule has 2 rings (SSSR count). The molecule has 74 valence electrons. The summed E-state index contributed by atoms with van der Waals surface area (Å²) in [5, 5.41) is 9.19. The zero-order chi connectivity index (χ0) is 10.2. The summed E-state index contributed by atoms with van der Waals surface area (Å²) in [6.07, 6.45) is 3.89. The SMILES string of the molecule is CC1(CO)C=Cc2cccc(I)c2O1. The molecule has 1 unspecified atom stereocenters. The average Bonchev–Trinajstić information content (AvgIpc) is 2.20. The molecule has 1 aliphatic rings. The minimum absolute atomic E-state index is 0.00604. The van der Waals surface area contributed by atoms with Crippen molar-refractivity contribution in [1.29, 1.82) is 0 Å². The lowest BCUT2D eigenvalue weighted by Crippen LogP contribution is -2.36. The van der Waals surface area contributed by atoms with E-state index in [9.17, 15) is 5.11 Å². The van der Waals surface area contributed by atoms with Gasteiger partial charge in [-0.15, -0.1) is 0 Å². The van der Waals surface area contributed by atoms with Crippen molar-refractivity contribution in [3.8, 4) is 5.75 Å². The van der Waals surface area contributed by atoms with Gasteiger partial charge in [0, 0.05) is 5.56 Å². The molecule has 14 heavy (non-hydrogen) atoms. The molecule has 0 aromatic heterocycles. The van der Waals surface area contributed by atoms with Crippen LogP contribution in [0.2, 0.25) is 0 Å². The Hall–Kier alpha value is -0.550. The second-order valence-corrected chi connectivity index (χ2v) is 4.73. The van der Waals surface area contributed by atoms with Crippen molar-refractivity contribution in [3.63, 3.8) is 0 Å². The van der Waals surface area contributed by atoms with E-state index in [0.29, 0.717) is 0 Å². The molecule has 0 saturated carbocycles. The van der Waals surface area contributed by atoms with Gasteiger partial charge in [-0.05, 0) is 41.7 Å². The van der Waals surface area contributed by atoms with E-state index in [-0.39, 0.29) is 6.61 Å². The molecule has 1 heterocycles. The fourth-order valence-electron chi connectivity index (χ4n) is 1.38. The summed E-state index contributed by atoms with van der Waals surface area (Å²) in [5.74, 6) is 0.868. The van der Waals surface area contributed by atoms with Gasteiger partial charge in [-0.25, -0.2) is 0 Å². The average molecular weight is 302 g/mol. The van der Waals surface area contributed by atoms with Crippen LogP contribution in [0, 0.1) is 3.57 Å². The van der Waals surface area contributed by atoms with E-state index in [0.717, 1.165) is 14.9 Å². The van der Waals surface area contributed by atoms with Gasteiger partial charge < -0.3 is 9.84 Å². The normalized spacial score (nSPS) is 24.2. The van der Waals surface area contributed by atoms with Gasteiger partial charge in [-0.3, -0.25) is 0 Å². The van der Waals surface area contributed by atoms with Gasteiger partial charge in [0.2, 0.25) is 0 Å². The number of benzene rings is 1. The van der Waals surface area contributed by atoms with Crippen LogP contribution in [0.3, 0.4) is 0 Å². The fourth-order valence-corrected chi connectivity index (χ4v) is 2.01. The van der Waals surface area contributed by atoms with Crippen LogP contribution in [-0.2, 0) is 0 Å². The minimum Gasteiger partial charge on any atom is -0.479 e. The quantitative estimate of drug-likeness (QED) is 0.808. The first kappa shape index (κ1) is 9.98. The van der Waals surface area contributed by atoms with Gasteiger partial charge in [0.05, 0.1) is 10.2 Å². The Bertz CT molecular complexity index is 387. The van der Waals surface area contributed by atoms with E-state index in [2.05, 4.69) is 22.6 Å². The Morgan fingerprint density at radius 1 is 1.50 bits per heavy atom. The molecule has 3 heteroatoms. The molecule has 2 nitrogen and oxygen atoms in total. The monoisotopic (exact) mass is 302 g/mol. The maximum absolute atomic E-state index is 9.19. The first-order chi connectivity index (χ1) is 6.64. The van der Waals surface area contributed by atoms with Crippen molar-refractivity contribution < 1.29 is 9.84 Å². The van der Waals surface area contributed by atoms with Crippen molar-refractivity contribution in [1.82, 2.24) is 0 Å². The largest absolute Gasteiger partial charge is 0.479 e. The van der Waals surface area contributed by atoms with E-state index < -0.39 is 5.60 Å². The Morgan fingerprint density at radius 2 is 2.29 bits per heavy atom. The molecule has 0 bridgehead atoms. The number of halogens is 1. The smallest absolute Gasteiger partial charge is 0.148 e. The predicted molar refractivity (Wildman–Crippen MR) is 64.3 cm³/mol. The van der Waals surface area contributed by atoms with E-state index in [1.54, 1.807) is 0 Å². The summed E-state index contributed by atoms with van der Waals surface area (Å²) in [6.45, 7) is 1.86. The van der Waals surface area contributed by atoms with Gasteiger partial charge in [-0.1, -0.05) is 18.2 Å². The number of hydrogen-bond donors (Lipinski definition) is 1. The maximum atomic E-state index is 9.19. The molecular weight excluding hydrogens is 291 g/mol. The van der Waals surface area contributed by atoms with E-state index >= 15 is 0 Å². The standard InChI is InChI=1S/C11H11IO2/c1-11(7-13)6-5-8-3-2-4-9(12)10(8)14-11/h2-6,13H,7H2,1H3. The Kier molecular flexibility index (Phi) is 2.53. The van der Waals surface area contributed by atoms with Crippen LogP contribution in [0.1, 0.15) is 12.5 Å². The Labute approximate surface area is 96.7 Å². The zero-order valence-corrected chi connectivity index (χ0v) is 9.98. The third-order valence-electron chi connectivity index (χ3n) is 2.26. The summed E-state index contributed by atoms with van der Waals surface area (Å²) in [7, 11) is 0. The number of hydrogen-bond acceptors (Lipinski definition) is 2. The molecule has 0 amide bonds. The number of aliphatic hydroxyl groups excluding tert-OH is 1. The number of ether oxygens (including phenoxy) is 1. The van der Waals surface area contributed by atoms with Gasteiger partial charge in [0.15, 0.2) is 0 Å². The van der Waals surface area contributed by atoms with Crippen molar-refractivity contribution in [2.45, 2.75) is 12.5 Å². The number of aliphatic hydroxyl groups is 1. The molecule has 1 aromatic rings. The Balaban J connectivity index is 2.47. The molecule has 0 spiro atoms. The van der Waals surface area contributed by atoms with Crippen LogP contribution in [0.15, 0.2) is 24.3 Å². The fraction of sp³-hybridized carbons (Fsp3) is 0.273. The minimum atomic E-state index is -0.575. The van der Waals surface area contributed by atoms with Crippen LogP contribution in [-0.4, -0.2) is 17.3 Å². The van der Waals surface area contributed by atoms with Crippen LogP contribution in [0.25, 0.3) is 6.08 Å². The summed E-state index contributed by atoms with van der Waals surface area (Å²) in [4.78, 5) is 0. The van der Waals surface area contributed by atoms with Gasteiger partial charge in [0.1, 0.15) is 11.4 Å². The molecule has 0 saturated heterocycles. The lowest BCUT2D eigenvalue weighted by Gasteiger charge is -2.30. The molecule has 1 atom stereocenters. The maximum Gasteiger partial charge on any atom is 0.148 e. The molecule has 1 aliphatic heterocycles. The lowest BCUT2D eigenvalue weighted by atomic mass is 10.0. The third-order valence-corrected chi connectivity index (χ3v) is 3.11. The van der Waals surface area contributed by atoms with Crippen molar-refractivity contribution in [2.75, 3.05) is 6.61 Å². The highest BCUT2D eigenvalue weighted by molar-refractivity contribution is 14.1. The van der Waals surface area contributed by atoms with Gasteiger partial charge in [0.25, 0.3) is 0 Å². The van der Waals surface area contributed by atoms with Crippen LogP contribution < -0.4 is 4.74 Å². The van der Waals surface area contributed by atoms with Crippen LogP contribution in [0.5, 0.6) is 5.75 Å². The van der Waals surface area contributed by atoms with Crippen molar-refractivity contribution >= 4 is 28.7 Å². The first-order valence-electron chi connectivity index (χ1n) is 4.42. The molecular formula is C11H11IO2. The highest BCUT2D eigenvalue weighted by Crippen LogP contribution is 2.34. The second-order valence-electron chi connectivity index (χ2n) is 3.56. The van der Waals surface area contributed by atoms with E-state index in [4.69, 9.17) is 4.74 Å². The van der Waals surface area contributed by atoms with Gasteiger partial charge in [-0.2, -0.15) is 0 Å². The zero-order valence-electron chi connectivity index (χ0n) is 7.83. The molecule has 0 aliphatic carbocycles. The topological polar surface area (TPSA) is 29.5 Å². The highest BCUT2D eigenvalue weighted by atomic mass is 127. The molecule has 0 radical (unpaired) electrons. The molecule has 1 N–H and O–H groups in total. The lowest BCUT2D eigenvalue weighted by molar-refractivity contribution is 0.0633. The van der Waals surface area contributed by atoms with E-state index in [1.807, 2.05) is 37.3 Å². The number of para-hydroxylation sites is 1. The molecule has 0 fully saturated rings. The summed E-state index contributed by atoms with van der Waals surface area (Å²) in [6, 6.07) is 6.00. The first-order valence-corrected chi connectivity index (χ1v) is 5.50. The Morgan fingerprint density at radius 3 is 3.00 bits per heavy atom. The number of rotatable bonds is 1. The number of fused-ring (bicyclic) bond motifs is 1. The van der Waals surface area contributed by atoms with Gasteiger partial charge >= 0.3 is 0 Å². The second kappa shape index (κ2) is 3.55. The highest BCUT2D eigenvalue weighted by Gasteiger charge is 2.27. The molecule has 1 aromatic carbocycles. The summed E-state index contributed by atoms with van der Waals surface area (Å²) < 4.78 is 6.83. The van der Waals surface area contributed by atoms with Crippen molar-refractivity contribution in [2.24, 2.45) is 0 Å². The third kappa shape index (κ3) is 1.66. The van der Waals surface area contributed by atoms with E-state index in [1.165, 1.54) is 0 Å². The summed E-state index contributed by atoms with van der Waals surface area (Å²) >= 11 is 2.24.